The van der Waals surface area contributed by atoms with Gasteiger partial charge >= 0.3 is 0 Å². The number of hydrogen-bond donors (Lipinski definition) is 0. The van der Waals surface area contributed by atoms with Crippen LogP contribution in [0, 0.1) is 22.7 Å². The van der Waals surface area contributed by atoms with Gasteiger partial charge in [0.05, 0.1) is 39.8 Å². The molecule has 0 aliphatic carbocycles. The summed E-state index contributed by atoms with van der Waals surface area (Å²) < 4.78 is 6.99. The molecule has 226 valence electrons. The Morgan fingerprint density at radius 1 is 0.510 bits per heavy atom. The van der Waals surface area contributed by atoms with Gasteiger partial charge in [0, 0.05) is 59.3 Å². The van der Waals surface area contributed by atoms with Gasteiger partial charge in [0.15, 0.2) is 0 Å². The van der Waals surface area contributed by atoms with Crippen LogP contribution in [0.25, 0.3) is 86.4 Å². The summed E-state index contributed by atoms with van der Waals surface area (Å²) in [5, 5.41) is 26.7. The van der Waals surface area contributed by atoms with Crippen LogP contribution in [0.1, 0.15) is 11.1 Å². The van der Waals surface area contributed by atoms with Crippen molar-refractivity contribution in [1.82, 2.24) is 14.1 Å². The first-order chi connectivity index (χ1) is 24.2. The SMILES string of the molecule is N#Cc1cc(-c2cccc(-n3c4ncccc4c4ccc5sc6ccccc6c5c43)c2)cc(-n2c3ccccc3c3cc(C#N)ccc32)c1. The predicted octanol–water partition coefficient (Wildman–Crippen LogP) is 11.1. The van der Waals surface area contributed by atoms with Crippen LogP contribution in [0.2, 0.25) is 0 Å². The van der Waals surface area contributed by atoms with Crippen molar-refractivity contribution >= 4 is 75.3 Å². The summed E-state index contributed by atoms with van der Waals surface area (Å²) >= 11 is 1.82. The molecule has 0 bridgehead atoms. The topological polar surface area (TPSA) is 70.3 Å². The molecule has 10 rings (SSSR count). The number of nitriles is 2. The number of fused-ring (bicyclic) bond motifs is 10. The Hall–Kier alpha value is -6.73. The van der Waals surface area contributed by atoms with Crippen molar-refractivity contribution in [2.75, 3.05) is 0 Å². The number of aromatic nitrogens is 3. The van der Waals surface area contributed by atoms with Gasteiger partial charge in [0.2, 0.25) is 0 Å². The summed E-state index contributed by atoms with van der Waals surface area (Å²) in [5.74, 6) is 0. The first kappa shape index (κ1) is 27.4. The van der Waals surface area contributed by atoms with E-state index in [1.165, 1.54) is 25.6 Å². The molecule has 6 heteroatoms. The van der Waals surface area contributed by atoms with Crippen molar-refractivity contribution in [2.45, 2.75) is 0 Å². The summed E-state index contributed by atoms with van der Waals surface area (Å²) in [5.41, 5.74) is 9.08. The fraction of sp³-hybridized carbons (Fsp3) is 0. The second-order valence-electron chi connectivity index (χ2n) is 12.3. The van der Waals surface area contributed by atoms with Crippen molar-refractivity contribution in [3.63, 3.8) is 0 Å². The average Bonchev–Trinajstić information content (AvgIpc) is 3.82. The lowest BCUT2D eigenvalue weighted by molar-refractivity contribution is 1.14. The molecule has 0 saturated heterocycles. The van der Waals surface area contributed by atoms with Gasteiger partial charge in [-0.3, -0.25) is 4.57 Å². The van der Waals surface area contributed by atoms with Crippen LogP contribution < -0.4 is 0 Å². The van der Waals surface area contributed by atoms with Crippen LogP contribution in [0.15, 0.2) is 140 Å². The Morgan fingerprint density at radius 2 is 1.31 bits per heavy atom. The molecule has 0 amide bonds. The van der Waals surface area contributed by atoms with Crippen molar-refractivity contribution < 1.29 is 0 Å². The minimum absolute atomic E-state index is 0.572. The Labute approximate surface area is 284 Å². The smallest absolute Gasteiger partial charge is 0.145 e. The molecule has 0 atom stereocenters. The minimum atomic E-state index is 0.572. The van der Waals surface area contributed by atoms with Crippen LogP contribution >= 0.6 is 11.3 Å². The van der Waals surface area contributed by atoms with Crippen molar-refractivity contribution in [3.8, 4) is 34.6 Å². The highest BCUT2D eigenvalue weighted by molar-refractivity contribution is 7.26. The molecule has 0 aliphatic heterocycles. The first-order valence-electron chi connectivity index (χ1n) is 16.0. The van der Waals surface area contributed by atoms with Crippen LogP contribution in [-0.4, -0.2) is 14.1 Å². The third kappa shape index (κ3) is 3.99. The lowest BCUT2D eigenvalue weighted by atomic mass is 10.0. The second-order valence-corrected chi connectivity index (χ2v) is 13.4. The maximum Gasteiger partial charge on any atom is 0.145 e. The van der Waals surface area contributed by atoms with E-state index in [-0.39, 0.29) is 0 Å². The monoisotopic (exact) mass is 641 g/mol. The van der Waals surface area contributed by atoms with E-state index in [0.717, 1.165) is 60.9 Å². The standard InChI is InChI=1S/C43H23N5S/c44-24-26-14-16-38-36(21-26)32-9-1-3-12-37(32)47(38)31-20-27(25-45)19-29(23-31)28-7-5-8-30(22-28)48-42-33(34-11-6-18-46-43(34)48)15-17-40-41(42)35-10-2-4-13-39(35)49-40/h1-23H. The van der Waals surface area contributed by atoms with Crippen molar-refractivity contribution in [3.05, 3.63) is 151 Å². The molecule has 0 fully saturated rings. The summed E-state index contributed by atoms with van der Waals surface area (Å²) in [4.78, 5) is 4.91. The minimum Gasteiger partial charge on any atom is -0.309 e. The zero-order chi connectivity index (χ0) is 32.6. The van der Waals surface area contributed by atoms with Gasteiger partial charge in [0.1, 0.15) is 5.65 Å². The third-order valence-electron chi connectivity index (χ3n) is 9.57. The van der Waals surface area contributed by atoms with E-state index >= 15 is 0 Å². The Kier molecular flexibility index (Phi) is 5.81. The van der Waals surface area contributed by atoms with E-state index in [1.54, 1.807) is 0 Å². The molecule has 5 nitrogen and oxygen atoms in total. The van der Waals surface area contributed by atoms with Gasteiger partial charge < -0.3 is 4.57 Å². The molecule has 0 aliphatic rings. The quantitative estimate of drug-likeness (QED) is 0.193. The normalized spacial score (nSPS) is 11.6. The van der Waals surface area contributed by atoms with E-state index in [2.05, 4.69) is 106 Å². The van der Waals surface area contributed by atoms with Crippen LogP contribution in [0.3, 0.4) is 0 Å². The van der Waals surface area contributed by atoms with Gasteiger partial charge in [-0.1, -0.05) is 54.6 Å². The number of thiophene rings is 1. The summed E-state index contributed by atoms with van der Waals surface area (Å²) in [6.45, 7) is 0. The zero-order valence-corrected chi connectivity index (χ0v) is 26.7. The molecule has 4 aromatic heterocycles. The van der Waals surface area contributed by atoms with Crippen LogP contribution in [0.4, 0.5) is 0 Å². The fourth-order valence-electron chi connectivity index (χ4n) is 7.51. The zero-order valence-electron chi connectivity index (χ0n) is 25.9. The molecule has 49 heavy (non-hydrogen) atoms. The molecular weight excluding hydrogens is 619 g/mol. The molecule has 0 radical (unpaired) electrons. The second kappa shape index (κ2) is 10.4. The number of pyridine rings is 1. The van der Waals surface area contributed by atoms with Crippen LogP contribution in [-0.2, 0) is 0 Å². The summed E-state index contributed by atoms with van der Waals surface area (Å²) in [7, 11) is 0. The van der Waals surface area contributed by atoms with Crippen molar-refractivity contribution in [2.24, 2.45) is 0 Å². The van der Waals surface area contributed by atoms with Gasteiger partial charge in [-0.05, 0) is 90.0 Å². The van der Waals surface area contributed by atoms with E-state index in [1.807, 2.05) is 66.1 Å². The van der Waals surface area contributed by atoms with Gasteiger partial charge in [-0.25, -0.2) is 4.98 Å². The lowest BCUT2D eigenvalue weighted by Crippen LogP contribution is -1.98. The highest BCUT2D eigenvalue weighted by atomic mass is 32.1. The molecule has 0 N–H and O–H groups in total. The van der Waals surface area contributed by atoms with E-state index in [9.17, 15) is 10.5 Å². The molecule has 4 heterocycles. The first-order valence-corrected chi connectivity index (χ1v) is 16.8. The fourth-order valence-corrected chi connectivity index (χ4v) is 8.62. The van der Waals surface area contributed by atoms with Crippen LogP contribution in [0.5, 0.6) is 0 Å². The number of hydrogen-bond acceptors (Lipinski definition) is 4. The molecule has 0 saturated carbocycles. The molecule has 10 aromatic rings. The number of nitrogens with zero attached hydrogens (tertiary/aromatic N) is 5. The Bertz CT molecular complexity index is 3090. The summed E-state index contributed by atoms with van der Waals surface area (Å²) in [6, 6.07) is 50.5. The molecule has 0 spiro atoms. The Morgan fingerprint density at radius 3 is 2.20 bits per heavy atom. The third-order valence-corrected chi connectivity index (χ3v) is 10.7. The lowest BCUT2D eigenvalue weighted by Gasteiger charge is -2.13. The van der Waals surface area contributed by atoms with Gasteiger partial charge in [-0.15, -0.1) is 11.3 Å². The molecule has 6 aromatic carbocycles. The van der Waals surface area contributed by atoms with Gasteiger partial charge in [-0.2, -0.15) is 10.5 Å². The number of rotatable bonds is 3. The molecule has 0 unspecified atom stereocenters. The number of benzene rings is 6. The molecular formula is C43H23N5S. The number of para-hydroxylation sites is 1. The van der Waals surface area contributed by atoms with E-state index < -0.39 is 0 Å². The Balaban J connectivity index is 1.22. The highest BCUT2D eigenvalue weighted by Crippen LogP contribution is 2.43. The van der Waals surface area contributed by atoms with E-state index in [4.69, 9.17) is 4.98 Å². The maximum atomic E-state index is 10.2. The average molecular weight is 642 g/mol. The predicted molar refractivity (Wildman–Crippen MR) is 201 cm³/mol. The largest absolute Gasteiger partial charge is 0.309 e. The highest BCUT2D eigenvalue weighted by Gasteiger charge is 2.20. The van der Waals surface area contributed by atoms with Crippen molar-refractivity contribution in [1.29, 1.82) is 10.5 Å². The maximum absolute atomic E-state index is 10.2. The summed E-state index contributed by atoms with van der Waals surface area (Å²) in [6.07, 6.45) is 1.86. The van der Waals surface area contributed by atoms with E-state index in [0.29, 0.717) is 11.1 Å². The van der Waals surface area contributed by atoms with Gasteiger partial charge in [0.25, 0.3) is 0 Å².